The summed E-state index contributed by atoms with van der Waals surface area (Å²) >= 11 is 0. The Morgan fingerprint density at radius 3 is 2.60 bits per heavy atom. The van der Waals surface area contributed by atoms with E-state index in [4.69, 9.17) is 9.47 Å². The van der Waals surface area contributed by atoms with Gasteiger partial charge in [0.25, 0.3) is 0 Å². The van der Waals surface area contributed by atoms with Crippen molar-refractivity contribution in [3.05, 3.63) is 42.5 Å². The van der Waals surface area contributed by atoms with Gasteiger partial charge in [-0.1, -0.05) is 23.8 Å². The van der Waals surface area contributed by atoms with Crippen LogP contribution < -0.4 is 4.74 Å². The Balaban J connectivity index is 2.09. The molecule has 0 aromatic heterocycles. The first kappa shape index (κ1) is 11.8. The number of hydrogen-bond acceptors (Lipinski definition) is 2. The van der Waals surface area contributed by atoms with Crippen LogP contribution in [0.2, 0.25) is 0 Å². The third-order valence-corrected chi connectivity index (χ3v) is 1.96. The minimum atomic E-state index is 0.616. The fourth-order valence-corrected chi connectivity index (χ4v) is 1.15. The quantitative estimate of drug-likeness (QED) is 0.504. The topological polar surface area (TPSA) is 18.5 Å². The molecule has 0 aliphatic rings. The largest absolute Gasteiger partial charge is 0.494 e. The Bertz CT molecular complexity index is 277. The van der Waals surface area contributed by atoms with Gasteiger partial charge in [0.15, 0.2) is 0 Å². The maximum Gasteiger partial charge on any atom is 0.119 e. The molecule has 2 heteroatoms. The Labute approximate surface area is 91.5 Å². The molecule has 0 fully saturated rings. The molecule has 0 atom stereocenters. The van der Waals surface area contributed by atoms with Crippen molar-refractivity contribution in [2.75, 3.05) is 19.8 Å². The number of benzene rings is 1. The van der Waals surface area contributed by atoms with Crippen LogP contribution in [0.1, 0.15) is 12.0 Å². The van der Waals surface area contributed by atoms with Crippen LogP contribution >= 0.6 is 0 Å². The fourth-order valence-electron chi connectivity index (χ4n) is 1.15. The Hall–Kier alpha value is -1.28. The second-order valence-corrected chi connectivity index (χ2v) is 3.38. The van der Waals surface area contributed by atoms with Gasteiger partial charge in [-0.3, -0.25) is 0 Å². The summed E-state index contributed by atoms with van der Waals surface area (Å²) < 4.78 is 10.8. The third-order valence-electron chi connectivity index (χ3n) is 1.96. The number of ether oxygens (including phenoxy) is 2. The van der Waals surface area contributed by atoms with Crippen LogP contribution in [-0.4, -0.2) is 19.8 Å². The average Bonchev–Trinajstić information content (AvgIpc) is 2.26. The molecule has 0 N–H and O–H groups in total. The molecule has 0 saturated carbocycles. The minimum absolute atomic E-state index is 0.616. The van der Waals surface area contributed by atoms with E-state index in [-0.39, 0.29) is 0 Å². The second kappa shape index (κ2) is 7.07. The summed E-state index contributed by atoms with van der Waals surface area (Å²) in [5.41, 5.74) is 1.25. The van der Waals surface area contributed by atoms with Gasteiger partial charge in [-0.25, -0.2) is 0 Å². The number of rotatable bonds is 7. The van der Waals surface area contributed by atoms with E-state index in [0.717, 1.165) is 18.8 Å². The average molecular weight is 206 g/mol. The smallest absolute Gasteiger partial charge is 0.119 e. The molecule has 15 heavy (non-hydrogen) atoms. The van der Waals surface area contributed by atoms with Crippen LogP contribution in [0.25, 0.3) is 0 Å². The lowest BCUT2D eigenvalue weighted by Crippen LogP contribution is -2.02. The van der Waals surface area contributed by atoms with Crippen molar-refractivity contribution in [2.24, 2.45) is 0 Å². The molecule has 0 spiro atoms. The summed E-state index contributed by atoms with van der Waals surface area (Å²) in [6.45, 7) is 7.67. The molecule has 2 nitrogen and oxygen atoms in total. The van der Waals surface area contributed by atoms with E-state index in [0.29, 0.717) is 13.2 Å². The van der Waals surface area contributed by atoms with Crippen molar-refractivity contribution in [1.29, 1.82) is 0 Å². The van der Waals surface area contributed by atoms with Crippen LogP contribution in [0.3, 0.4) is 0 Å². The maximum atomic E-state index is 5.54. The molecule has 0 aliphatic heterocycles. The first-order valence-electron chi connectivity index (χ1n) is 5.21. The summed E-state index contributed by atoms with van der Waals surface area (Å²) in [5, 5.41) is 0. The van der Waals surface area contributed by atoms with E-state index in [1.807, 2.05) is 24.3 Å². The van der Waals surface area contributed by atoms with Gasteiger partial charge in [-0.15, -0.1) is 6.58 Å². The standard InChI is InChI=1S/C13H18O2/c1-3-9-14-10-4-11-15-13-7-5-12(2)6-8-13/h3,5-8H,1,4,9-11H2,2H3. The number of aryl methyl sites for hydroxylation is 1. The zero-order valence-electron chi connectivity index (χ0n) is 9.24. The lowest BCUT2D eigenvalue weighted by atomic mass is 10.2. The van der Waals surface area contributed by atoms with Crippen molar-refractivity contribution in [1.82, 2.24) is 0 Å². The lowest BCUT2D eigenvalue weighted by molar-refractivity contribution is 0.143. The van der Waals surface area contributed by atoms with Gasteiger partial charge in [0.05, 0.1) is 19.8 Å². The zero-order chi connectivity index (χ0) is 10.9. The van der Waals surface area contributed by atoms with Crippen molar-refractivity contribution in [2.45, 2.75) is 13.3 Å². The normalized spacial score (nSPS) is 9.93. The molecule has 0 heterocycles. The van der Waals surface area contributed by atoms with Gasteiger partial charge in [-0.05, 0) is 19.1 Å². The fraction of sp³-hybridized carbons (Fsp3) is 0.385. The molecule has 1 aromatic rings. The monoisotopic (exact) mass is 206 g/mol. The molecule has 0 amide bonds. The highest BCUT2D eigenvalue weighted by Crippen LogP contribution is 2.11. The summed E-state index contributed by atoms with van der Waals surface area (Å²) in [6.07, 6.45) is 2.66. The summed E-state index contributed by atoms with van der Waals surface area (Å²) in [4.78, 5) is 0. The van der Waals surface area contributed by atoms with E-state index in [1.54, 1.807) is 6.08 Å². The van der Waals surface area contributed by atoms with Crippen molar-refractivity contribution >= 4 is 0 Å². The molecule has 0 bridgehead atoms. The minimum Gasteiger partial charge on any atom is -0.494 e. The Kier molecular flexibility index (Phi) is 5.56. The molecule has 1 rings (SSSR count). The summed E-state index contributed by atoms with van der Waals surface area (Å²) in [7, 11) is 0. The van der Waals surface area contributed by atoms with Gasteiger partial charge in [0.2, 0.25) is 0 Å². The molecule has 0 unspecified atom stereocenters. The SMILES string of the molecule is C=CCOCCCOc1ccc(C)cc1. The van der Waals surface area contributed by atoms with Crippen molar-refractivity contribution in [3.8, 4) is 5.75 Å². The predicted octanol–water partition coefficient (Wildman–Crippen LogP) is 2.97. The summed E-state index contributed by atoms with van der Waals surface area (Å²) in [6, 6.07) is 8.06. The molecule has 0 saturated heterocycles. The van der Waals surface area contributed by atoms with E-state index < -0.39 is 0 Å². The van der Waals surface area contributed by atoms with Crippen molar-refractivity contribution < 1.29 is 9.47 Å². The highest BCUT2D eigenvalue weighted by molar-refractivity contribution is 5.26. The molecule has 0 radical (unpaired) electrons. The van der Waals surface area contributed by atoms with E-state index in [9.17, 15) is 0 Å². The van der Waals surface area contributed by atoms with Gasteiger partial charge in [0.1, 0.15) is 5.75 Å². The third kappa shape index (κ3) is 5.23. The highest BCUT2D eigenvalue weighted by atomic mass is 16.5. The first-order chi connectivity index (χ1) is 7.33. The molecule has 82 valence electrons. The van der Waals surface area contributed by atoms with Gasteiger partial charge in [0, 0.05) is 6.42 Å². The maximum absolute atomic E-state index is 5.54. The van der Waals surface area contributed by atoms with Gasteiger partial charge in [-0.2, -0.15) is 0 Å². The second-order valence-electron chi connectivity index (χ2n) is 3.38. The Morgan fingerprint density at radius 2 is 1.93 bits per heavy atom. The zero-order valence-corrected chi connectivity index (χ0v) is 9.24. The number of hydrogen-bond donors (Lipinski definition) is 0. The van der Waals surface area contributed by atoms with Crippen LogP contribution in [-0.2, 0) is 4.74 Å². The highest BCUT2D eigenvalue weighted by Gasteiger charge is 1.92. The molecule has 1 aromatic carbocycles. The van der Waals surface area contributed by atoms with Gasteiger partial charge < -0.3 is 9.47 Å². The van der Waals surface area contributed by atoms with Crippen LogP contribution in [0, 0.1) is 6.92 Å². The van der Waals surface area contributed by atoms with E-state index in [2.05, 4.69) is 13.5 Å². The molecular weight excluding hydrogens is 188 g/mol. The van der Waals surface area contributed by atoms with Crippen LogP contribution in [0.4, 0.5) is 0 Å². The van der Waals surface area contributed by atoms with E-state index in [1.165, 1.54) is 5.56 Å². The van der Waals surface area contributed by atoms with Crippen LogP contribution in [0.15, 0.2) is 36.9 Å². The van der Waals surface area contributed by atoms with E-state index >= 15 is 0 Å². The molecular formula is C13H18O2. The predicted molar refractivity (Wildman–Crippen MR) is 62.3 cm³/mol. The lowest BCUT2D eigenvalue weighted by Gasteiger charge is -2.06. The first-order valence-corrected chi connectivity index (χ1v) is 5.21. The van der Waals surface area contributed by atoms with Gasteiger partial charge >= 0.3 is 0 Å². The van der Waals surface area contributed by atoms with Crippen LogP contribution in [0.5, 0.6) is 5.75 Å². The summed E-state index contributed by atoms with van der Waals surface area (Å²) in [5.74, 6) is 0.921. The Morgan fingerprint density at radius 1 is 1.20 bits per heavy atom. The molecule has 0 aliphatic carbocycles. The van der Waals surface area contributed by atoms with Crippen molar-refractivity contribution in [3.63, 3.8) is 0 Å².